The summed E-state index contributed by atoms with van der Waals surface area (Å²) in [4.78, 5) is 0. The monoisotopic (exact) mass is 169 g/mol. The number of hydrogen-bond donors (Lipinski definition) is 1. The fraction of sp³-hybridized carbons (Fsp3) is 0.429. The number of nitrogens with two attached hydrogens (primary N) is 1. The third-order valence-corrected chi connectivity index (χ3v) is 1.89. The van der Waals surface area contributed by atoms with Crippen molar-refractivity contribution in [3.63, 3.8) is 0 Å². The molecular weight excluding hydrogens is 158 g/mol. The van der Waals surface area contributed by atoms with E-state index >= 15 is 0 Å². The van der Waals surface area contributed by atoms with E-state index in [0.29, 0.717) is 5.13 Å². The molecule has 1 rings (SSSR count). The highest BCUT2D eigenvalue weighted by atomic mass is 32.1. The maximum atomic E-state index is 5.39. The molecule has 0 aliphatic carbocycles. The predicted molar refractivity (Wildman–Crippen MR) is 48.3 cm³/mol. The zero-order valence-corrected chi connectivity index (χ0v) is 7.27. The SMILES string of the molecule is CCC/C=C/c1nnc(N)s1. The number of aromatic nitrogens is 2. The van der Waals surface area contributed by atoms with Crippen LogP contribution in [0.25, 0.3) is 6.08 Å². The first kappa shape index (κ1) is 8.20. The van der Waals surface area contributed by atoms with Crippen LogP contribution in [0.4, 0.5) is 5.13 Å². The van der Waals surface area contributed by atoms with Crippen LogP contribution in [-0.2, 0) is 0 Å². The van der Waals surface area contributed by atoms with Gasteiger partial charge in [0.25, 0.3) is 0 Å². The molecule has 60 valence electrons. The minimum atomic E-state index is 0.529. The third-order valence-electron chi connectivity index (χ3n) is 1.17. The Balaban J connectivity index is 2.50. The van der Waals surface area contributed by atoms with Gasteiger partial charge in [0.2, 0.25) is 5.13 Å². The number of unbranched alkanes of at least 4 members (excludes halogenated alkanes) is 1. The highest BCUT2D eigenvalue weighted by Gasteiger charge is 1.93. The Morgan fingerprint density at radius 1 is 1.55 bits per heavy atom. The van der Waals surface area contributed by atoms with E-state index in [1.807, 2.05) is 6.08 Å². The number of rotatable bonds is 3. The minimum absolute atomic E-state index is 0.529. The second-order valence-corrected chi connectivity index (χ2v) is 3.21. The fourth-order valence-electron chi connectivity index (χ4n) is 0.665. The topological polar surface area (TPSA) is 51.8 Å². The molecule has 0 saturated heterocycles. The minimum Gasteiger partial charge on any atom is -0.374 e. The van der Waals surface area contributed by atoms with Crippen molar-refractivity contribution >= 4 is 22.5 Å². The third kappa shape index (κ3) is 2.67. The Hall–Kier alpha value is -0.900. The van der Waals surface area contributed by atoms with Gasteiger partial charge in [0.1, 0.15) is 5.01 Å². The molecule has 0 radical (unpaired) electrons. The molecule has 0 amide bonds. The Kier molecular flexibility index (Phi) is 3.04. The molecular formula is C7H11N3S. The van der Waals surface area contributed by atoms with E-state index in [9.17, 15) is 0 Å². The van der Waals surface area contributed by atoms with Gasteiger partial charge in [-0.25, -0.2) is 0 Å². The molecule has 0 aliphatic heterocycles. The maximum absolute atomic E-state index is 5.39. The summed E-state index contributed by atoms with van der Waals surface area (Å²) in [6, 6.07) is 0. The predicted octanol–water partition coefficient (Wildman–Crippen LogP) is 1.93. The number of anilines is 1. The first-order valence-electron chi connectivity index (χ1n) is 3.58. The van der Waals surface area contributed by atoms with Crippen molar-refractivity contribution in [1.82, 2.24) is 10.2 Å². The molecule has 11 heavy (non-hydrogen) atoms. The van der Waals surface area contributed by atoms with Crippen molar-refractivity contribution in [3.8, 4) is 0 Å². The zero-order valence-electron chi connectivity index (χ0n) is 6.45. The van der Waals surface area contributed by atoms with Crippen molar-refractivity contribution in [2.24, 2.45) is 0 Å². The molecule has 4 heteroatoms. The van der Waals surface area contributed by atoms with Crippen molar-refractivity contribution < 1.29 is 0 Å². The number of hydrogen-bond acceptors (Lipinski definition) is 4. The molecule has 3 nitrogen and oxygen atoms in total. The quantitative estimate of drug-likeness (QED) is 0.752. The molecule has 2 N–H and O–H groups in total. The van der Waals surface area contributed by atoms with Gasteiger partial charge < -0.3 is 5.73 Å². The van der Waals surface area contributed by atoms with Crippen molar-refractivity contribution in [2.75, 3.05) is 5.73 Å². The smallest absolute Gasteiger partial charge is 0.203 e. The highest BCUT2D eigenvalue weighted by molar-refractivity contribution is 7.15. The Labute approximate surface area is 70.0 Å². The summed E-state index contributed by atoms with van der Waals surface area (Å²) < 4.78 is 0. The average molecular weight is 169 g/mol. The molecule has 0 bridgehead atoms. The van der Waals surface area contributed by atoms with Crippen LogP contribution in [-0.4, -0.2) is 10.2 Å². The van der Waals surface area contributed by atoms with Crippen molar-refractivity contribution in [3.05, 3.63) is 11.1 Å². The standard InChI is InChI=1S/C7H11N3S/c1-2-3-4-5-6-9-10-7(8)11-6/h4-5H,2-3H2,1H3,(H2,8,10)/b5-4+. The average Bonchev–Trinajstić information content (AvgIpc) is 2.37. The lowest BCUT2D eigenvalue weighted by Gasteiger charge is -1.81. The van der Waals surface area contributed by atoms with Gasteiger partial charge >= 0.3 is 0 Å². The van der Waals surface area contributed by atoms with E-state index in [0.717, 1.165) is 17.8 Å². The Morgan fingerprint density at radius 2 is 2.36 bits per heavy atom. The normalized spacial score (nSPS) is 11.0. The lowest BCUT2D eigenvalue weighted by Crippen LogP contribution is -1.79. The lowest BCUT2D eigenvalue weighted by atomic mass is 10.3. The number of nitrogen functional groups attached to an aromatic ring is 1. The first-order chi connectivity index (χ1) is 5.33. The summed E-state index contributed by atoms with van der Waals surface area (Å²) in [7, 11) is 0. The Morgan fingerprint density at radius 3 is 2.91 bits per heavy atom. The van der Waals surface area contributed by atoms with E-state index in [4.69, 9.17) is 5.73 Å². The molecule has 0 saturated carbocycles. The summed E-state index contributed by atoms with van der Waals surface area (Å²) in [6.45, 7) is 2.14. The van der Waals surface area contributed by atoms with Gasteiger partial charge in [-0.2, -0.15) is 0 Å². The summed E-state index contributed by atoms with van der Waals surface area (Å²) in [5.74, 6) is 0. The molecule has 0 aromatic carbocycles. The molecule has 1 aromatic rings. The van der Waals surface area contributed by atoms with Gasteiger partial charge in [0.15, 0.2) is 0 Å². The van der Waals surface area contributed by atoms with E-state index in [1.54, 1.807) is 0 Å². The highest BCUT2D eigenvalue weighted by Crippen LogP contribution is 2.12. The van der Waals surface area contributed by atoms with Gasteiger partial charge in [-0.15, -0.1) is 10.2 Å². The summed E-state index contributed by atoms with van der Waals surface area (Å²) in [5, 5.41) is 8.95. The van der Waals surface area contributed by atoms with Crippen LogP contribution in [0.3, 0.4) is 0 Å². The van der Waals surface area contributed by atoms with Gasteiger partial charge in [-0.05, 0) is 12.5 Å². The second kappa shape index (κ2) is 4.08. The molecule has 1 heterocycles. The van der Waals surface area contributed by atoms with Crippen LogP contribution in [0.5, 0.6) is 0 Å². The fourth-order valence-corrected chi connectivity index (χ4v) is 1.21. The van der Waals surface area contributed by atoms with Gasteiger partial charge in [-0.3, -0.25) is 0 Å². The van der Waals surface area contributed by atoms with E-state index in [-0.39, 0.29) is 0 Å². The second-order valence-electron chi connectivity index (χ2n) is 2.17. The van der Waals surface area contributed by atoms with E-state index in [1.165, 1.54) is 11.3 Å². The molecule has 0 atom stereocenters. The maximum Gasteiger partial charge on any atom is 0.203 e. The number of allylic oxidation sites excluding steroid dienone is 1. The zero-order chi connectivity index (χ0) is 8.10. The van der Waals surface area contributed by atoms with Crippen LogP contribution in [0.2, 0.25) is 0 Å². The van der Waals surface area contributed by atoms with Crippen LogP contribution >= 0.6 is 11.3 Å². The summed E-state index contributed by atoms with van der Waals surface area (Å²) >= 11 is 1.41. The van der Waals surface area contributed by atoms with Crippen LogP contribution in [0.1, 0.15) is 24.8 Å². The van der Waals surface area contributed by atoms with Crippen molar-refractivity contribution in [1.29, 1.82) is 0 Å². The lowest BCUT2D eigenvalue weighted by molar-refractivity contribution is 0.961. The van der Waals surface area contributed by atoms with E-state index in [2.05, 4.69) is 23.2 Å². The molecule has 0 spiro atoms. The van der Waals surface area contributed by atoms with Crippen LogP contribution in [0.15, 0.2) is 6.08 Å². The molecule has 0 fully saturated rings. The van der Waals surface area contributed by atoms with E-state index < -0.39 is 0 Å². The van der Waals surface area contributed by atoms with Crippen molar-refractivity contribution in [2.45, 2.75) is 19.8 Å². The summed E-state index contributed by atoms with van der Waals surface area (Å²) in [6.07, 6.45) is 6.28. The van der Waals surface area contributed by atoms with Gasteiger partial charge in [-0.1, -0.05) is 30.8 Å². The van der Waals surface area contributed by atoms with Gasteiger partial charge in [0.05, 0.1) is 0 Å². The largest absolute Gasteiger partial charge is 0.374 e. The summed E-state index contributed by atoms with van der Waals surface area (Å²) in [5.41, 5.74) is 5.39. The van der Waals surface area contributed by atoms with Gasteiger partial charge in [0, 0.05) is 0 Å². The number of nitrogens with zero attached hydrogens (tertiary/aromatic N) is 2. The molecule has 1 aromatic heterocycles. The first-order valence-corrected chi connectivity index (χ1v) is 4.40. The van der Waals surface area contributed by atoms with Crippen LogP contribution < -0.4 is 5.73 Å². The van der Waals surface area contributed by atoms with Crippen LogP contribution in [0, 0.1) is 0 Å². The molecule has 0 aliphatic rings. The molecule has 0 unspecified atom stereocenters. The Bertz CT molecular complexity index is 242.